The van der Waals surface area contributed by atoms with Crippen molar-refractivity contribution in [2.24, 2.45) is 5.73 Å². The number of rotatable bonds is 6. The van der Waals surface area contributed by atoms with Gasteiger partial charge in [0.25, 0.3) is 5.56 Å². The number of carbonyl (C=O) groups excluding carboxylic acids is 2. The maximum atomic E-state index is 13.5. The molecule has 0 radical (unpaired) electrons. The number of carbonyl (C=O) groups is 2. The molecule has 3 aromatic rings. The molecule has 2 heterocycles. The lowest BCUT2D eigenvalue weighted by Gasteiger charge is -2.26. The highest BCUT2D eigenvalue weighted by Crippen LogP contribution is 2.40. The zero-order valence-corrected chi connectivity index (χ0v) is 21.6. The number of ether oxygens (including phenoxy) is 4. The highest BCUT2D eigenvalue weighted by Gasteiger charge is 2.40. The molecule has 1 aliphatic heterocycles. The van der Waals surface area contributed by atoms with Crippen molar-refractivity contribution in [3.63, 3.8) is 0 Å². The van der Waals surface area contributed by atoms with Crippen molar-refractivity contribution in [1.82, 2.24) is 4.57 Å². The Kier molecular flexibility index (Phi) is 7.17. The number of hydrogen-bond acceptors (Lipinski definition) is 11. The zero-order chi connectivity index (χ0) is 27.7. The van der Waals surface area contributed by atoms with E-state index in [2.05, 4.69) is 0 Å². The fourth-order valence-corrected chi connectivity index (χ4v) is 5.37. The second-order valence-electron chi connectivity index (χ2n) is 8.05. The van der Waals surface area contributed by atoms with E-state index in [1.54, 1.807) is 12.1 Å². The lowest BCUT2D eigenvalue weighted by Crippen LogP contribution is -2.41. The molecule has 4 rings (SSSR count). The molecule has 12 heteroatoms. The molecule has 0 fully saturated rings. The molecule has 4 N–H and O–H groups in total. The van der Waals surface area contributed by atoms with Gasteiger partial charge in [-0.15, -0.1) is 11.3 Å². The van der Waals surface area contributed by atoms with E-state index in [1.165, 1.54) is 51.7 Å². The van der Waals surface area contributed by atoms with Gasteiger partial charge in [-0.25, -0.2) is 9.59 Å². The van der Waals surface area contributed by atoms with Crippen LogP contribution in [-0.4, -0.2) is 55.2 Å². The summed E-state index contributed by atoms with van der Waals surface area (Å²) in [6.07, 6.45) is 1.54. The van der Waals surface area contributed by atoms with Crippen LogP contribution in [-0.2, 0) is 19.1 Å². The number of esters is 2. The van der Waals surface area contributed by atoms with Crippen molar-refractivity contribution in [2.75, 3.05) is 28.4 Å². The van der Waals surface area contributed by atoms with Gasteiger partial charge < -0.3 is 34.9 Å². The number of fused-ring (bicyclic) bond motifs is 1. The van der Waals surface area contributed by atoms with Gasteiger partial charge in [0.2, 0.25) is 0 Å². The molecule has 1 atom stereocenters. The van der Waals surface area contributed by atoms with E-state index in [-0.39, 0.29) is 49.2 Å². The summed E-state index contributed by atoms with van der Waals surface area (Å²) in [7, 11) is 5.08. The quantitative estimate of drug-likeness (QED) is 0.378. The first-order valence-corrected chi connectivity index (χ1v) is 11.9. The number of thiazole rings is 1. The van der Waals surface area contributed by atoms with Gasteiger partial charge in [-0.3, -0.25) is 9.36 Å². The number of hydrogen-bond donors (Lipinski definition) is 3. The molecule has 11 nitrogen and oxygen atoms in total. The Balaban J connectivity index is 2.11. The van der Waals surface area contributed by atoms with Crippen LogP contribution in [0, 0.1) is 0 Å². The minimum absolute atomic E-state index is 0.0279. The molecule has 0 amide bonds. The van der Waals surface area contributed by atoms with Crippen molar-refractivity contribution in [3.05, 3.63) is 72.6 Å². The third kappa shape index (κ3) is 4.34. The van der Waals surface area contributed by atoms with E-state index in [0.29, 0.717) is 11.1 Å². The number of phenolic OH excluding ortho intramolecular Hbond substituents is 2. The Hall–Kier alpha value is -4.71. The third-order valence-electron chi connectivity index (χ3n) is 6.00. The molecule has 38 heavy (non-hydrogen) atoms. The second kappa shape index (κ2) is 10.3. The van der Waals surface area contributed by atoms with Crippen LogP contribution in [0.2, 0.25) is 0 Å². The first-order chi connectivity index (χ1) is 18.2. The number of nitrogens with two attached hydrogens (primary N) is 1. The van der Waals surface area contributed by atoms with Crippen LogP contribution >= 0.6 is 11.3 Å². The number of aromatic nitrogens is 1. The highest BCUT2D eigenvalue weighted by molar-refractivity contribution is 7.07. The summed E-state index contributed by atoms with van der Waals surface area (Å²) in [6.45, 7) is 0. The number of nitrogens with zero attached hydrogens (tertiary/aromatic N) is 1. The van der Waals surface area contributed by atoms with E-state index in [0.717, 1.165) is 23.0 Å². The third-order valence-corrected chi connectivity index (χ3v) is 7.11. The smallest absolute Gasteiger partial charge is 0.338 e. The Morgan fingerprint density at radius 2 is 1.50 bits per heavy atom. The predicted octanol–water partition coefficient (Wildman–Crippen LogP) is 0.588. The van der Waals surface area contributed by atoms with E-state index >= 15 is 0 Å². The van der Waals surface area contributed by atoms with Gasteiger partial charge in [-0.05, 0) is 41.5 Å². The summed E-state index contributed by atoms with van der Waals surface area (Å²) in [5.74, 6) is -2.92. The van der Waals surface area contributed by atoms with Crippen LogP contribution in [0.15, 0.2) is 46.8 Å². The molecule has 0 unspecified atom stereocenters. The Morgan fingerprint density at radius 3 is 2.11 bits per heavy atom. The zero-order valence-electron chi connectivity index (χ0n) is 20.8. The lowest BCUT2D eigenvalue weighted by atomic mass is 9.83. The van der Waals surface area contributed by atoms with E-state index < -0.39 is 23.4 Å². The highest BCUT2D eigenvalue weighted by atomic mass is 32.1. The summed E-state index contributed by atoms with van der Waals surface area (Å²) in [5, 5.41) is 20.0. The molecule has 0 aliphatic carbocycles. The van der Waals surface area contributed by atoms with Crippen molar-refractivity contribution in [1.29, 1.82) is 0 Å². The molecule has 0 saturated carbocycles. The van der Waals surface area contributed by atoms with Crippen molar-refractivity contribution >= 4 is 40.7 Å². The summed E-state index contributed by atoms with van der Waals surface area (Å²) < 4.78 is 21.8. The van der Waals surface area contributed by atoms with Crippen molar-refractivity contribution < 1.29 is 38.7 Å². The Labute approximate surface area is 219 Å². The maximum Gasteiger partial charge on any atom is 0.338 e. The molecule has 2 aromatic carbocycles. The molecular formula is C26H24N2O9S. The summed E-state index contributed by atoms with van der Waals surface area (Å²) in [5.41, 5.74) is 6.53. The minimum Gasteiger partial charge on any atom is -0.504 e. The van der Waals surface area contributed by atoms with Crippen LogP contribution in [0.25, 0.3) is 17.5 Å². The number of aromatic hydroxyl groups is 2. The monoisotopic (exact) mass is 540 g/mol. The average molecular weight is 541 g/mol. The number of methoxy groups -OCH3 is 4. The second-order valence-corrected chi connectivity index (χ2v) is 9.08. The van der Waals surface area contributed by atoms with Crippen molar-refractivity contribution in [2.45, 2.75) is 5.92 Å². The molecule has 0 spiro atoms. The van der Waals surface area contributed by atoms with Crippen LogP contribution < -0.4 is 30.0 Å². The Bertz CT molecular complexity index is 1670. The topological polar surface area (TPSA) is 160 Å². The van der Waals surface area contributed by atoms with Crippen LogP contribution in [0.1, 0.15) is 17.0 Å². The van der Waals surface area contributed by atoms with Gasteiger partial charge in [0, 0.05) is 0 Å². The Morgan fingerprint density at radius 1 is 0.921 bits per heavy atom. The fraction of sp³-hybridized carbons (Fsp3) is 0.192. The molecule has 0 saturated heterocycles. The van der Waals surface area contributed by atoms with Gasteiger partial charge in [0.1, 0.15) is 10.5 Å². The van der Waals surface area contributed by atoms with Crippen molar-refractivity contribution in [3.8, 4) is 23.0 Å². The van der Waals surface area contributed by atoms with Gasteiger partial charge in [-0.1, -0.05) is 12.1 Å². The number of benzene rings is 2. The van der Waals surface area contributed by atoms with Crippen LogP contribution in [0.5, 0.6) is 23.0 Å². The van der Waals surface area contributed by atoms with E-state index in [1.807, 2.05) is 0 Å². The van der Waals surface area contributed by atoms with Crippen LogP contribution in [0.3, 0.4) is 0 Å². The molecular weight excluding hydrogens is 516 g/mol. The normalized spacial score (nSPS) is 15.2. The summed E-state index contributed by atoms with van der Waals surface area (Å²) in [4.78, 5) is 39.7. The SMILES string of the molecule is COC(=O)C1=C(N)n2c(s/c(=C\c3ccc(O)c(OC)c3)c2=O)=C(C(=O)OC)[C@@H]1c1ccc(O)c(OC)c1. The number of phenols is 2. The lowest BCUT2D eigenvalue weighted by molar-refractivity contribution is -0.136. The molecule has 1 aromatic heterocycles. The minimum atomic E-state index is -1.11. The maximum absolute atomic E-state index is 13.5. The van der Waals surface area contributed by atoms with E-state index in [4.69, 9.17) is 24.7 Å². The van der Waals surface area contributed by atoms with Gasteiger partial charge in [-0.2, -0.15) is 0 Å². The van der Waals surface area contributed by atoms with Gasteiger partial charge in [0.05, 0.1) is 50.0 Å². The van der Waals surface area contributed by atoms with Gasteiger partial charge >= 0.3 is 11.9 Å². The van der Waals surface area contributed by atoms with Crippen LogP contribution in [0.4, 0.5) is 0 Å². The first-order valence-electron chi connectivity index (χ1n) is 11.0. The molecule has 0 bridgehead atoms. The summed E-state index contributed by atoms with van der Waals surface area (Å²) in [6, 6.07) is 8.83. The average Bonchev–Trinajstić information content (AvgIpc) is 3.24. The fourth-order valence-electron chi connectivity index (χ4n) is 4.21. The largest absolute Gasteiger partial charge is 0.504 e. The van der Waals surface area contributed by atoms with E-state index in [9.17, 15) is 24.6 Å². The standard InChI is InChI=1S/C26H24N2O9S/c1-34-16-9-12(5-7-14(16)29)10-18-23(31)28-22(27)20(25(32)36-3)19(21(24(28)38-18)26(33)37-4)13-6-8-15(30)17(11-13)35-2/h5-11,19,29-30H,27H2,1-4H3/b18-10-/t19-/m1/s1. The summed E-state index contributed by atoms with van der Waals surface area (Å²) >= 11 is 0.970. The molecule has 1 aliphatic rings. The predicted molar refractivity (Wildman–Crippen MR) is 138 cm³/mol. The van der Waals surface area contributed by atoms with Gasteiger partial charge in [0.15, 0.2) is 23.0 Å². The molecule has 198 valence electrons. The first kappa shape index (κ1) is 26.4.